The number of rotatable bonds is 7. The monoisotopic (exact) mass is 363 g/mol. The Hall–Kier alpha value is -1.60. The van der Waals surface area contributed by atoms with E-state index in [0.717, 1.165) is 45.2 Å². The summed E-state index contributed by atoms with van der Waals surface area (Å²) in [6, 6.07) is 5.49. The minimum Gasteiger partial charge on any atom is -0.302 e. The van der Waals surface area contributed by atoms with Crippen molar-refractivity contribution in [3.63, 3.8) is 0 Å². The summed E-state index contributed by atoms with van der Waals surface area (Å²) < 4.78 is 27.7. The number of nitrogens with one attached hydrogen (secondary N) is 1. The third kappa shape index (κ3) is 4.73. The van der Waals surface area contributed by atoms with Crippen LogP contribution >= 0.6 is 0 Å². The van der Waals surface area contributed by atoms with Gasteiger partial charge in [-0.15, -0.1) is 0 Å². The quantitative estimate of drug-likeness (QED) is 0.458. The Morgan fingerprint density at radius 3 is 2.76 bits per heavy atom. The fourth-order valence-electron chi connectivity index (χ4n) is 3.68. The van der Waals surface area contributed by atoms with Gasteiger partial charge in [-0.1, -0.05) is 11.2 Å². The first-order valence-electron chi connectivity index (χ1n) is 8.93. The Bertz CT molecular complexity index is 750. The standard InChI is InChI=1S/C17H25N5O2S/c18-21-19-13-14-6-9-22(10-7-14)11-8-20-25(23,24)17-5-4-15-2-1-3-16(15)12-17/h4-5,12,14,20H,1-3,6-11,13H2. The van der Waals surface area contributed by atoms with Crippen LogP contribution in [0.3, 0.4) is 0 Å². The van der Waals surface area contributed by atoms with E-state index in [4.69, 9.17) is 5.53 Å². The van der Waals surface area contributed by atoms with Gasteiger partial charge in [0.05, 0.1) is 4.90 Å². The number of fused-ring (bicyclic) bond motifs is 1. The van der Waals surface area contributed by atoms with E-state index in [9.17, 15) is 8.42 Å². The Morgan fingerprint density at radius 1 is 1.24 bits per heavy atom. The summed E-state index contributed by atoms with van der Waals surface area (Å²) in [7, 11) is -3.44. The number of sulfonamides is 1. The van der Waals surface area contributed by atoms with E-state index in [1.807, 2.05) is 12.1 Å². The summed E-state index contributed by atoms with van der Waals surface area (Å²) in [4.78, 5) is 5.45. The van der Waals surface area contributed by atoms with Crippen LogP contribution in [-0.4, -0.2) is 46.0 Å². The van der Waals surface area contributed by atoms with E-state index in [0.29, 0.717) is 30.4 Å². The number of hydrogen-bond acceptors (Lipinski definition) is 4. The third-order valence-corrected chi connectivity index (χ3v) is 6.67. The molecule has 1 aromatic rings. The van der Waals surface area contributed by atoms with Crippen molar-refractivity contribution in [3.8, 4) is 0 Å². The lowest BCUT2D eigenvalue weighted by Crippen LogP contribution is -2.40. The molecule has 1 aromatic carbocycles. The Morgan fingerprint density at radius 2 is 2.00 bits per heavy atom. The summed E-state index contributed by atoms with van der Waals surface area (Å²) in [6.07, 6.45) is 5.14. The molecule has 0 amide bonds. The highest BCUT2D eigenvalue weighted by atomic mass is 32.2. The Balaban J connectivity index is 1.46. The molecule has 0 bridgehead atoms. The molecular weight excluding hydrogens is 338 g/mol. The van der Waals surface area contributed by atoms with Crippen molar-refractivity contribution in [1.82, 2.24) is 9.62 Å². The summed E-state index contributed by atoms with van der Waals surface area (Å²) >= 11 is 0. The van der Waals surface area contributed by atoms with E-state index < -0.39 is 10.0 Å². The number of likely N-dealkylation sites (tertiary alicyclic amines) is 1. The third-order valence-electron chi connectivity index (χ3n) is 5.21. The van der Waals surface area contributed by atoms with Crippen molar-refractivity contribution in [2.45, 2.75) is 37.0 Å². The van der Waals surface area contributed by atoms with Gasteiger partial charge in [-0.2, -0.15) is 0 Å². The zero-order valence-corrected chi connectivity index (χ0v) is 15.2. The van der Waals surface area contributed by atoms with E-state index in [1.165, 1.54) is 11.1 Å². The molecule has 1 aliphatic heterocycles. The molecule has 1 N–H and O–H groups in total. The summed E-state index contributed by atoms with van der Waals surface area (Å²) in [5.41, 5.74) is 10.8. The molecule has 7 nitrogen and oxygen atoms in total. The molecule has 8 heteroatoms. The fourth-order valence-corrected chi connectivity index (χ4v) is 4.75. The molecule has 0 unspecified atom stereocenters. The van der Waals surface area contributed by atoms with Crippen LogP contribution in [-0.2, 0) is 22.9 Å². The maximum atomic E-state index is 12.5. The van der Waals surface area contributed by atoms with Gasteiger partial charge in [0.15, 0.2) is 0 Å². The first kappa shape index (κ1) is 18.2. The van der Waals surface area contributed by atoms with Crippen molar-refractivity contribution < 1.29 is 8.42 Å². The van der Waals surface area contributed by atoms with Crippen LogP contribution in [0.2, 0.25) is 0 Å². The number of benzene rings is 1. The number of piperidine rings is 1. The SMILES string of the molecule is [N-]=[N+]=NCC1CCN(CCNS(=O)(=O)c2ccc3c(c2)CCC3)CC1. The van der Waals surface area contributed by atoms with Gasteiger partial charge in [-0.25, -0.2) is 13.1 Å². The maximum absolute atomic E-state index is 12.5. The highest BCUT2D eigenvalue weighted by molar-refractivity contribution is 7.89. The number of azide groups is 1. The lowest BCUT2D eigenvalue weighted by Gasteiger charge is -2.31. The van der Waals surface area contributed by atoms with Crippen LogP contribution in [0.15, 0.2) is 28.2 Å². The van der Waals surface area contributed by atoms with Crippen LogP contribution in [0.25, 0.3) is 10.4 Å². The second-order valence-corrected chi connectivity index (χ2v) is 8.65. The van der Waals surface area contributed by atoms with Crippen LogP contribution in [0.1, 0.15) is 30.4 Å². The first-order valence-corrected chi connectivity index (χ1v) is 10.4. The van der Waals surface area contributed by atoms with Crippen LogP contribution in [0, 0.1) is 5.92 Å². The summed E-state index contributed by atoms with van der Waals surface area (Å²) in [6.45, 7) is 3.53. The molecule has 25 heavy (non-hydrogen) atoms. The molecule has 2 aliphatic rings. The minimum atomic E-state index is -3.44. The van der Waals surface area contributed by atoms with Crippen LogP contribution in [0.5, 0.6) is 0 Å². The van der Waals surface area contributed by atoms with Crippen molar-refractivity contribution in [2.24, 2.45) is 11.0 Å². The van der Waals surface area contributed by atoms with Gasteiger partial charge in [-0.05, 0) is 79.9 Å². The van der Waals surface area contributed by atoms with Gasteiger partial charge in [0.1, 0.15) is 0 Å². The second kappa shape index (κ2) is 8.19. The van der Waals surface area contributed by atoms with Gasteiger partial charge in [0.2, 0.25) is 10.0 Å². The number of hydrogen-bond donors (Lipinski definition) is 1. The maximum Gasteiger partial charge on any atom is 0.240 e. The van der Waals surface area contributed by atoms with Crippen LogP contribution in [0.4, 0.5) is 0 Å². The van der Waals surface area contributed by atoms with Gasteiger partial charge in [0, 0.05) is 24.5 Å². The Labute approximate surface area is 149 Å². The molecule has 1 fully saturated rings. The first-order chi connectivity index (χ1) is 12.1. The number of nitrogens with zero attached hydrogens (tertiary/aromatic N) is 4. The summed E-state index contributed by atoms with van der Waals surface area (Å²) in [5.74, 6) is 0.454. The molecule has 1 saturated heterocycles. The molecule has 0 spiro atoms. The van der Waals surface area contributed by atoms with Gasteiger partial charge in [-0.3, -0.25) is 0 Å². The highest BCUT2D eigenvalue weighted by Gasteiger charge is 2.20. The molecule has 0 radical (unpaired) electrons. The van der Waals surface area contributed by atoms with Crippen molar-refractivity contribution >= 4 is 10.0 Å². The minimum absolute atomic E-state index is 0.376. The molecule has 3 rings (SSSR count). The van der Waals surface area contributed by atoms with E-state index in [1.54, 1.807) is 6.07 Å². The highest BCUT2D eigenvalue weighted by Crippen LogP contribution is 2.24. The smallest absolute Gasteiger partial charge is 0.240 e. The predicted octanol–water partition coefficient (Wildman–Crippen LogP) is 2.48. The predicted molar refractivity (Wildman–Crippen MR) is 96.8 cm³/mol. The fraction of sp³-hybridized carbons (Fsp3) is 0.647. The van der Waals surface area contributed by atoms with Crippen LogP contribution < -0.4 is 4.72 Å². The normalized spacial score (nSPS) is 18.7. The van der Waals surface area contributed by atoms with Crippen molar-refractivity contribution in [3.05, 3.63) is 39.8 Å². The van der Waals surface area contributed by atoms with Crippen molar-refractivity contribution in [2.75, 3.05) is 32.7 Å². The van der Waals surface area contributed by atoms with E-state index >= 15 is 0 Å². The van der Waals surface area contributed by atoms with E-state index in [-0.39, 0.29) is 0 Å². The average molecular weight is 363 g/mol. The Kier molecular flexibility index (Phi) is 5.96. The zero-order valence-electron chi connectivity index (χ0n) is 14.4. The van der Waals surface area contributed by atoms with Gasteiger partial charge in [0.25, 0.3) is 0 Å². The molecule has 1 heterocycles. The van der Waals surface area contributed by atoms with Crippen molar-refractivity contribution in [1.29, 1.82) is 0 Å². The molecule has 136 valence electrons. The van der Waals surface area contributed by atoms with Gasteiger partial charge >= 0.3 is 0 Å². The molecule has 1 aliphatic carbocycles. The topological polar surface area (TPSA) is 98.2 Å². The summed E-state index contributed by atoms with van der Waals surface area (Å²) in [5, 5.41) is 3.64. The molecule has 0 saturated carbocycles. The zero-order chi connectivity index (χ0) is 17.7. The second-order valence-electron chi connectivity index (χ2n) is 6.88. The van der Waals surface area contributed by atoms with E-state index in [2.05, 4.69) is 19.6 Å². The number of aryl methyl sites for hydroxylation is 2. The largest absolute Gasteiger partial charge is 0.302 e. The molecule has 0 atom stereocenters. The van der Waals surface area contributed by atoms with Gasteiger partial charge < -0.3 is 4.90 Å². The lowest BCUT2D eigenvalue weighted by atomic mass is 9.97. The average Bonchev–Trinajstić information content (AvgIpc) is 3.08. The molecule has 0 aromatic heterocycles. The lowest BCUT2D eigenvalue weighted by molar-refractivity contribution is 0.190. The molecular formula is C17H25N5O2S.